The van der Waals surface area contributed by atoms with Crippen LogP contribution in [0.2, 0.25) is 0 Å². The predicted octanol–water partition coefficient (Wildman–Crippen LogP) is 3.77. The van der Waals surface area contributed by atoms with Crippen molar-refractivity contribution in [3.8, 4) is 5.75 Å². The molecule has 0 aliphatic heterocycles. The van der Waals surface area contributed by atoms with E-state index in [1.165, 1.54) is 10.9 Å². The first-order valence-corrected chi connectivity index (χ1v) is 6.29. The summed E-state index contributed by atoms with van der Waals surface area (Å²) in [7, 11) is 1.68. The molecular formula is C16H20O2. The Morgan fingerprint density at radius 3 is 2.44 bits per heavy atom. The van der Waals surface area contributed by atoms with Crippen molar-refractivity contribution < 1.29 is 9.84 Å². The zero-order valence-corrected chi connectivity index (χ0v) is 11.4. The summed E-state index contributed by atoms with van der Waals surface area (Å²) in [6, 6.07) is 8.31. The first-order valence-electron chi connectivity index (χ1n) is 6.29. The summed E-state index contributed by atoms with van der Waals surface area (Å²) in [5.41, 5.74) is 3.39. The zero-order chi connectivity index (χ0) is 13.3. The Balaban J connectivity index is 2.82. The van der Waals surface area contributed by atoms with Crippen LogP contribution in [0.15, 0.2) is 24.3 Å². The van der Waals surface area contributed by atoms with Crippen LogP contribution in [0.25, 0.3) is 10.8 Å². The second-order valence-electron chi connectivity index (χ2n) is 4.99. The topological polar surface area (TPSA) is 29.5 Å². The maximum atomic E-state index is 9.46. The van der Waals surface area contributed by atoms with Gasteiger partial charge < -0.3 is 9.84 Å². The van der Waals surface area contributed by atoms with Gasteiger partial charge in [0.25, 0.3) is 0 Å². The second kappa shape index (κ2) is 4.99. The van der Waals surface area contributed by atoms with Gasteiger partial charge >= 0.3 is 0 Å². The number of ether oxygens (including phenoxy) is 1. The van der Waals surface area contributed by atoms with Crippen LogP contribution in [0, 0.1) is 6.92 Å². The molecule has 0 bridgehead atoms. The lowest BCUT2D eigenvalue weighted by Gasteiger charge is -2.15. The summed E-state index contributed by atoms with van der Waals surface area (Å²) in [6.07, 6.45) is 0. The van der Waals surface area contributed by atoms with Crippen molar-refractivity contribution in [2.45, 2.75) is 33.3 Å². The van der Waals surface area contributed by atoms with E-state index in [9.17, 15) is 5.11 Å². The van der Waals surface area contributed by atoms with Gasteiger partial charge in [-0.2, -0.15) is 0 Å². The van der Waals surface area contributed by atoms with Crippen LogP contribution < -0.4 is 4.74 Å². The smallest absolute Gasteiger partial charge is 0.122 e. The largest absolute Gasteiger partial charge is 0.496 e. The monoisotopic (exact) mass is 244 g/mol. The molecule has 18 heavy (non-hydrogen) atoms. The first-order chi connectivity index (χ1) is 8.58. The van der Waals surface area contributed by atoms with Crippen LogP contribution in [0.3, 0.4) is 0 Å². The maximum absolute atomic E-state index is 9.46. The van der Waals surface area contributed by atoms with E-state index in [-0.39, 0.29) is 6.61 Å². The molecular weight excluding hydrogens is 224 g/mol. The van der Waals surface area contributed by atoms with E-state index in [1.54, 1.807) is 7.11 Å². The van der Waals surface area contributed by atoms with Gasteiger partial charge in [-0.15, -0.1) is 0 Å². The molecule has 0 aliphatic rings. The molecule has 0 saturated heterocycles. The van der Waals surface area contributed by atoms with Crippen LogP contribution in [0.4, 0.5) is 0 Å². The fourth-order valence-corrected chi connectivity index (χ4v) is 2.42. The van der Waals surface area contributed by atoms with Gasteiger partial charge in [0.05, 0.1) is 13.7 Å². The molecule has 0 saturated carbocycles. The molecule has 0 heterocycles. The van der Waals surface area contributed by atoms with Gasteiger partial charge in [0, 0.05) is 0 Å². The number of fused-ring (bicyclic) bond motifs is 1. The highest BCUT2D eigenvalue weighted by Gasteiger charge is 2.11. The Bertz CT molecular complexity index is 571. The van der Waals surface area contributed by atoms with Crippen LogP contribution in [0.1, 0.15) is 36.5 Å². The lowest BCUT2D eigenvalue weighted by atomic mass is 9.92. The summed E-state index contributed by atoms with van der Waals surface area (Å²) in [4.78, 5) is 0. The van der Waals surface area contributed by atoms with Gasteiger partial charge in [-0.3, -0.25) is 0 Å². The van der Waals surface area contributed by atoms with Crippen molar-refractivity contribution in [3.63, 3.8) is 0 Å². The minimum atomic E-state index is 0.0566. The highest BCUT2D eigenvalue weighted by Crippen LogP contribution is 2.33. The second-order valence-corrected chi connectivity index (χ2v) is 4.99. The molecule has 0 spiro atoms. The molecule has 2 rings (SSSR count). The Morgan fingerprint density at radius 1 is 1.17 bits per heavy atom. The lowest BCUT2D eigenvalue weighted by Crippen LogP contribution is -1.96. The van der Waals surface area contributed by atoms with E-state index in [2.05, 4.69) is 26.0 Å². The third-order valence-electron chi connectivity index (χ3n) is 3.45. The van der Waals surface area contributed by atoms with Crippen molar-refractivity contribution in [3.05, 3.63) is 41.0 Å². The number of aliphatic hydroxyl groups excluding tert-OH is 1. The van der Waals surface area contributed by atoms with Crippen molar-refractivity contribution in [1.29, 1.82) is 0 Å². The average Bonchev–Trinajstić information content (AvgIpc) is 2.36. The SMILES string of the molecule is COc1cc2c(CO)ccc(C(C)C)c2cc1C. The lowest BCUT2D eigenvalue weighted by molar-refractivity contribution is 0.283. The number of hydrogen-bond acceptors (Lipinski definition) is 2. The van der Waals surface area contributed by atoms with E-state index < -0.39 is 0 Å². The average molecular weight is 244 g/mol. The molecule has 2 nitrogen and oxygen atoms in total. The van der Waals surface area contributed by atoms with Crippen LogP contribution in [-0.4, -0.2) is 12.2 Å². The quantitative estimate of drug-likeness (QED) is 0.890. The zero-order valence-electron chi connectivity index (χ0n) is 11.4. The fourth-order valence-electron chi connectivity index (χ4n) is 2.42. The summed E-state index contributed by atoms with van der Waals surface area (Å²) in [6.45, 7) is 6.48. The Kier molecular flexibility index (Phi) is 3.58. The van der Waals surface area contributed by atoms with Crippen molar-refractivity contribution in [1.82, 2.24) is 0 Å². The normalized spacial score (nSPS) is 11.2. The van der Waals surface area contributed by atoms with Gasteiger partial charge in [0.2, 0.25) is 0 Å². The molecule has 1 N–H and O–H groups in total. The standard InChI is InChI=1S/C16H20O2/c1-10(2)13-6-5-12(9-17)14-8-16(18-4)11(3)7-15(13)14/h5-8,10,17H,9H2,1-4H3. The Morgan fingerprint density at radius 2 is 1.89 bits per heavy atom. The molecule has 96 valence electrons. The van der Waals surface area contributed by atoms with E-state index in [4.69, 9.17) is 4.74 Å². The molecule has 0 atom stereocenters. The first kappa shape index (κ1) is 12.9. The highest BCUT2D eigenvalue weighted by molar-refractivity contribution is 5.91. The fraction of sp³-hybridized carbons (Fsp3) is 0.375. The summed E-state index contributed by atoms with van der Waals surface area (Å²) < 4.78 is 5.37. The predicted molar refractivity (Wildman–Crippen MR) is 75.2 cm³/mol. The number of rotatable bonds is 3. The number of aryl methyl sites for hydroxylation is 1. The van der Waals surface area contributed by atoms with E-state index >= 15 is 0 Å². The minimum absolute atomic E-state index is 0.0566. The van der Waals surface area contributed by atoms with Crippen molar-refractivity contribution >= 4 is 10.8 Å². The maximum Gasteiger partial charge on any atom is 0.122 e. The van der Waals surface area contributed by atoms with Crippen LogP contribution in [-0.2, 0) is 6.61 Å². The molecule has 0 aliphatic carbocycles. The van der Waals surface area contributed by atoms with Crippen LogP contribution >= 0.6 is 0 Å². The molecule has 0 amide bonds. The highest BCUT2D eigenvalue weighted by atomic mass is 16.5. The number of hydrogen-bond donors (Lipinski definition) is 1. The third-order valence-corrected chi connectivity index (χ3v) is 3.45. The Labute approximate surface area is 108 Å². The molecule has 0 aromatic heterocycles. The van der Waals surface area contributed by atoms with E-state index in [0.29, 0.717) is 5.92 Å². The summed E-state index contributed by atoms with van der Waals surface area (Å²) in [5, 5.41) is 11.8. The van der Waals surface area contributed by atoms with Crippen LogP contribution in [0.5, 0.6) is 5.75 Å². The molecule has 0 unspecified atom stereocenters. The van der Waals surface area contributed by atoms with Gasteiger partial charge in [-0.05, 0) is 52.4 Å². The third kappa shape index (κ3) is 2.08. The van der Waals surface area contributed by atoms with Gasteiger partial charge in [0.1, 0.15) is 5.75 Å². The minimum Gasteiger partial charge on any atom is -0.496 e. The number of benzene rings is 2. The Hall–Kier alpha value is -1.54. The van der Waals surface area contributed by atoms with Gasteiger partial charge in [-0.25, -0.2) is 0 Å². The van der Waals surface area contributed by atoms with E-state index in [1.807, 2.05) is 19.1 Å². The molecule has 2 heteroatoms. The van der Waals surface area contributed by atoms with Gasteiger partial charge in [-0.1, -0.05) is 26.0 Å². The number of aliphatic hydroxyl groups is 1. The van der Waals surface area contributed by atoms with Crippen molar-refractivity contribution in [2.24, 2.45) is 0 Å². The van der Waals surface area contributed by atoms with E-state index in [0.717, 1.165) is 22.3 Å². The number of methoxy groups -OCH3 is 1. The summed E-state index contributed by atoms with van der Waals surface area (Å²) >= 11 is 0. The van der Waals surface area contributed by atoms with Gasteiger partial charge in [0.15, 0.2) is 0 Å². The molecule has 0 fully saturated rings. The summed E-state index contributed by atoms with van der Waals surface area (Å²) in [5.74, 6) is 1.34. The molecule has 0 radical (unpaired) electrons. The molecule has 2 aromatic rings. The molecule has 2 aromatic carbocycles. The van der Waals surface area contributed by atoms with Crippen molar-refractivity contribution in [2.75, 3.05) is 7.11 Å².